The summed E-state index contributed by atoms with van der Waals surface area (Å²) < 4.78 is 0.734. The second-order valence-corrected chi connectivity index (χ2v) is 7.87. The third-order valence-corrected chi connectivity index (χ3v) is 5.93. The quantitative estimate of drug-likeness (QED) is 0.888. The van der Waals surface area contributed by atoms with Crippen LogP contribution < -0.4 is 5.32 Å². The third-order valence-electron chi connectivity index (χ3n) is 3.68. The van der Waals surface area contributed by atoms with E-state index in [-0.39, 0.29) is 5.91 Å². The van der Waals surface area contributed by atoms with Crippen LogP contribution in [0.3, 0.4) is 0 Å². The number of hydrogen-bond acceptors (Lipinski definition) is 5. The largest absolute Gasteiger partial charge is 0.349 e. The first kappa shape index (κ1) is 15.9. The molecule has 0 spiro atoms. The molecule has 0 radical (unpaired) electrons. The van der Waals surface area contributed by atoms with Gasteiger partial charge in [-0.2, -0.15) is 0 Å². The van der Waals surface area contributed by atoms with Gasteiger partial charge in [-0.3, -0.25) is 4.79 Å². The molecule has 0 atom stereocenters. The van der Waals surface area contributed by atoms with Crippen LogP contribution in [0.4, 0.5) is 0 Å². The van der Waals surface area contributed by atoms with E-state index in [0.717, 1.165) is 33.9 Å². The Labute approximate surface area is 143 Å². The van der Waals surface area contributed by atoms with Crippen LogP contribution in [-0.4, -0.2) is 42.0 Å². The molecule has 0 aromatic carbocycles. The molecule has 2 aromatic heterocycles. The summed E-state index contributed by atoms with van der Waals surface area (Å²) in [6.07, 6.45) is 3.87. The molecule has 1 saturated heterocycles. The maximum absolute atomic E-state index is 12.1. The lowest BCUT2D eigenvalue weighted by molar-refractivity contribution is 0.0942. The Hall–Kier alpha value is -0.950. The summed E-state index contributed by atoms with van der Waals surface area (Å²) in [7, 11) is 0. The number of nitrogens with zero attached hydrogens (tertiary/aromatic N) is 2. The smallest absolute Gasteiger partial charge is 0.270 e. The van der Waals surface area contributed by atoms with Gasteiger partial charge in [0.1, 0.15) is 10.7 Å². The minimum absolute atomic E-state index is 0.0952. The molecule has 1 N–H and O–H groups in total. The molecule has 4 nitrogen and oxygen atoms in total. The summed E-state index contributed by atoms with van der Waals surface area (Å²) in [6.45, 7) is 3.89. The Morgan fingerprint density at radius 1 is 1.32 bits per heavy atom. The van der Waals surface area contributed by atoms with Gasteiger partial charge in [-0.05, 0) is 38.1 Å². The number of likely N-dealkylation sites (tertiary alicyclic amines) is 1. The average Bonchev–Trinajstić information content (AvgIpc) is 3.17. The van der Waals surface area contributed by atoms with Crippen molar-refractivity contribution in [1.82, 2.24) is 15.2 Å². The summed E-state index contributed by atoms with van der Waals surface area (Å²) in [5.74, 6) is -0.0952. The van der Waals surface area contributed by atoms with Crippen LogP contribution in [0.25, 0.3) is 9.88 Å². The number of rotatable bonds is 5. The van der Waals surface area contributed by atoms with Crippen LogP contribution in [0, 0.1) is 0 Å². The molecule has 1 aliphatic heterocycles. The fraction of sp³-hybridized carbons (Fsp3) is 0.467. The highest BCUT2D eigenvalue weighted by molar-refractivity contribution is 7.23. The van der Waals surface area contributed by atoms with Crippen LogP contribution in [0.1, 0.15) is 29.8 Å². The third kappa shape index (κ3) is 4.07. The van der Waals surface area contributed by atoms with Crippen LogP contribution in [0.2, 0.25) is 4.34 Å². The highest BCUT2D eigenvalue weighted by atomic mass is 35.5. The average molecular weight is 356 g/mol. The predicted molar refractivity (Wildman–Crippen MR) is 93.1 cm³/mol. The fourth-order valence-electron chi connectivity index (χ4n) is 2.52. The summed E-state index contributed by atoms with van der Waals surface area (Å²) in [4.78, 5) is 19.9. The zero-order valence-electron chi connectivity index (χ0n) is 12.2. The number of aromatic nitrogens is 1. The van der Waals surface area contributed by atoms with Gasteiger partial charge >= 0.3 is 0 Å². The molecule has 3 rings (SSSR count). The minimum atomic E-state index is -0.0952. The van der Waals surface area contributed by atoms with E-state index in [1.54, 1.807) is 5.38 Å². The zero-order chi connectivity index (χ0) is 15.4. The number of nitrogens with one attached hydrogen (secondary N) is 1. The topological polar surface area (TPSA) is 45.2 Å². The second kappa shape index (κ2) is 7.55. The van der Waals surface area contributed by atoms with Crippen LogP contribution in [0.15, 0.2) is 17.5 Å². The van der Waals surface area contributed by atoms with Crippen molar-refractivity contribution in [2.45, 2.75) is 19.3 Å². The van der Waals surface area contributed by atoms with E-state index in [4.69, 9.17) is 11.6 Å². The highest BCUT2D eigenvalue weighted by Crippen LogP contribution is 2.32. The molecule has 1 aliphatic rings. The van der Waals surface area contributed by atoms with Gasteiger partial charge in [0.05, 0.1) is 9.21 Å². The molecule has 2 aromatic rings. The van der Waals surface area contributed by atoms with Gasteiger partial charge in [0, 0.05) is 18.5 Å². The van der Waals surface area contributed by atoms with Gasteiger partial charge in [-0.1, -0.05) is 18.0 Å². The predicted octanol–water partition coefficient (Wildman–Crippen LogP) is 3.74. The van der Waals surface area contributed by atoms with E-state index >= 15 is 0 Å². The molecule has 1 amide bonds. The number of carbonyl (C=O) groups is 1. The lowest BCUT2D eigenvalue weighted by Gasteiger charge is -2.26. The van der Waals surface area contributed by atoms with Gasteiger partial charge < -0.3 is 10.2 Å². The SMILES string of the molecule is O=C(NCCN1CCCCC1)c1csc(-c2ccc(Cl)s2)n1. The highest BCUT2D eigenvalue weighted by Gasteiger charge is 2.14. The first-order valence-electron chi connectivity index (χ1n) is 7.44. The Bertz CT molecular complexity index is 634. The van der Waals surface area contributed by atoms with Crippen molar-refractivity contribution in [3.05, 3.63) is 27.5 Å². The Morgan fingerprint density at radius 3 is 2.86 bits per heavy atom. The van der Waals surface area contributed by atoms with E-state index in [2.05, 4.69) is 15.2 Å². The maximum atomic E-state index is 12.1. The van der Waals surface area contributed by atoms with Gasteiger partial charge in [0.2, 0.25) is 0 Å². The van der Waals surface area contributed by atoms with E-state index in [9.17, 15) is 4.79 Å². The maximum Gasteiger partial charge on any atom is 0.270 e. The first-order chi connectivity index (χ1) is 10.7. The number of halogens is 1. The zero-order valence-corrected chi connectivity index (χ0v) is 14.6. The monoisotopic (exact) mass is 355 g/mol. The molecule has 0 bridgehead atoms. The van der Waals surface area contributed by atoms with Gasteiger partial charge in [0.15, 0.2) is 0 Å². The molecule has 0 aliphatic carbocycles. The summed E-state index contributed by atoms with van der Waals surface area (Å²) in [5.41, 5.74) is 0.489. The first-order valence-corrected chi connectivity index (χ1v) is 9.51. The molecular weight excluding hydrogens is 338 g/mol. The molecule has 0 unspecified atom stereocenters. The van der Waals surface area contributed by atoms with Crippen molar-refractivity contribution in [2.24, 2.45) is 0 Å². The number of thiophene rings is 1. The van der Waals surface area contributed by atoms with Crippen LogP contribution in [0.5, 0.6) is 0 Å². The van der Waals surface area contributed by atoms with E-state index < -0.39 is 0 Å². The van der Waals surface area contributed by atoms with E-state index in [1.807, 2.05) is 12.1 Å². The molecular formula is C15H18ClN3OS2. The molecule has 0 saturated carbocycles. The Kier molecular flexibility index (Phi) is 5.46. The summed E-state index contributed by atoms with van der Waals surface area (Å²) >= 11 is 8.89. The van der Waals surface area contributed by atoms with Gasteiger partial charge in [-0.25, -0.2) is 4.98 Å². The van der Waals surface area contributed by atoms with E-state index in [0.29, 0.717) is 12.2 Å². The Balaban J connectivity index is 1.51. The number of carbonyl (C=O) groups excluding carboxylic acids is 1. The van der Waals surface area contributed by atoms with Crippen LogP contribution in [-0.2, 0) is 0 Å². The summed E-state index contributed by atoms with van der Waals surface area (Å²) in [5, 5.41) is 5.61. The van der Waals surface area contributed by atoms with E-state index in [1.165, 1.54) is 41.9 Å². The standard InChI is InChI=1S/C15H18ClN3OS2/c16-13-5-4-12(22-13)15-18-11(10-21-15)14(20)17-6-9-19-7-2-1-3-8-19/h4-5,10H,1-3,6-9H2,(H,17,20). The number of amides is 1. The molecule has 1 fully saturated rings. The fourth-order valence-corrected chi connectivity index (χ4v) is 4.44. The minimum Gasteiger partial charge on any atom is -0.349 e. The normalized spacial score (nSPS) is 15.9. The van der Waals surface area contributed by atoms with Crippen molar-refractivity contribution < 1.29 is 4.79 Å². The van der Waals surface area contributed by atoms with Crippen molar-refractivity contribution in [3.8, 4) is 9.88 Å². The van der Waals surface area contributed by atoms with Crippen molar-refractivity contribution >= 4 is 40.2 Å². The number of thiazole rings is 1. The van der Waals surface area contributed by atoms with Gasteiger partial charge in [-0.15, -0.1) is 22.7 Å². The van der Waals surface area contributed by atoms with Crippen molar-refractivity contribution in [1.29, 1.82) is 0 Å². The van der Waals surface area contributed by atoms with Crippen molar-refractivity contribution in [3.63, 3.8) is 0 Å². The summed E-state index contributed by atoms with van der Waals surface area (Å²) in [6, 6.07) is 3.78. The number of hydrogen-bond donors (Lipinski definition) is 1. The number of piperidine rings is 1. The van der Waals surface area contributed by atoms with Gasteiger partial charge in [0.25, 0.3) is 5.91 Å². The molecule has 22 heavy (non-hydrogen) atoms. The molecule has 118 valence electrons. The lowest BCUT2D eigenvalue weighted by Crippen LogP contribution is -2.37. The lowest BCUT2D eigenvalue weighted by atomic mass is 10.1. The van der Waals surface area contributed by atoms with Crippen LogP contribution >= 0.6 is 34.3 Å². The molecule has 3 heterocycles. The second-order valence-electron chi connectivity index (χ2n) is 5.30. The molecule has 7 heteroatoms. The Morgan fingerprint density at radius 2 is 2.14 bits per heavy atom. The van der Waals surface area contributed by atoms with Crippen molar-refractivity contribution in [2.75, 3.05) is 26.2 Å².